The summed E-state index contributed by atoms with van der Waals surface area (Å²) in [4.78, 5) is 15.7. The zero-order valence-electron chi connectivity index (χ0n) is 12.2. The molecule has 4 N–H and O–H groups in total. The highest BCUT2D eigenvalue weighted by atomic mass is 16.1. The van der Waals surface area contributed by atoms with Crippen molar-refractivity contribution in [1.29, 1.82) is 0 Å². The molecule has 0 aliphatic rings. The lowest BCUT2D eigenvalue weighted by Crippen LogP contribution is -2.40. The van der Waals surface area contributed by atoms with Gasteiger partial charge in [0.1, 0.15) is 0 Å². The van der Waals surface area contributed by atoms with E-state index in [1.165, 1.54) is 0 Å². The van der Waals surface area contributed by atoms with Crippen molar-refractivity contribution in [2.45, 2.75) is 19.9 Å². The maximum absolute atomic E-state index is 11.3. The van der Waals surface area contributed by atoms with Crippen LogP contribution in [-0.2, 0) is 0 Å². The van der Waals surface area contributed by atoms with E-state index < -0.39 is 5.91 Å². The lowest BCUT2D eigenvalue weighted by molar-refractivity contribution is 0.100. The minimum Gasteiger partial charge on any atom is -0.398 e. The number of nitrogen functional groups attached to an aromatic ring is 1. The van der Waals surface area contributed by atoms with Crippen LogP contribution < -0.4 is 16.4 Å². The van der Waals surface area contributed by atoms with Gasteiger partial charge in [0.15, 0.2) is 0 Å². The molecule has 0 saturated heterocycles. The van der Waals surface area contributed by atoms with Crippen LogP contribution >= 0.6 is 0 Å². The summed E-state index contributed by atoms with van der Waals surface area (Å²) in [7, 11) is 4.09. The SMILES string of the molecule is CCN(c1ccc(N)c(C(N)=O)c1)C(C)CN(C)C. The van der Waals surface area contributed by atoms with Crippen LogP contribution in [0.5, 0.6) is 0 Å². The molecular formula is C14H24N4O. The van der Waals surface area contributed by atoms with Gasteiger partial charge in [0.2, 0.25) is 0 Å². The predicted octanol–water partition coefficient (Wildman–Crippen LogP) is 1.14. The third kappa shape index (κ3) is 3.86. The molecule has 106 valence electrons. The Bertz CT molecular complexity index is 445. The largest absolute Gasteiger partial charge is 0.398 e. The van der Waals surface area contributed by atoms with Gasteiger partial charge in [0.05, 0.1) is 5.56 Å². The normalized spacial score (nSPS) is 12.5. The van der Waals surface area contributed by atoms with Crippen LogP contribution in [0.15, 0.2) is 18.2 Å². The van der Waals surface area contributed by atoms with Crippen LogP contribution in [0.3, 0.4) is 0 Å². The summed E-state index contributed by atoms with van der Waals surface area (Å²) in [6.07, 6.45) is 0. The molecule has 0 saturated carbocycles. The van der Waals surface area contributed by atoms with E-state index in [1.807, 2.05) is 20.2 Å². The van der Waals surface area contributed by atoms with E-state index in [2.05, 4.69) is 23.6 Å². The molecule has 0 aromatic heterocycles. The lowest BCUT2D eigenvalue weighted by atomic mass is 10.1. The first-order chi connectivity index (χ1) is 8.86. The van der Waals surface area contributed by atoms with Gasteiger partial charge in [-0.2, -0.15) is 0 Å². The Labute approximate surface area is 115 Å². The summed E-state index contributed by atoms with van der Waals surface area (Å²) in [6, 6.07) is 5.77. The topological polar surface area (TPSA) is 75.6 Å². The highest BCUT2D eigenvalue weighted by molar-refractivity contribution is 5.99. The van der Waals surface area contributed by atoms with Crippen molar-refractivity contribution in [1.82, 2.24) is 4.90 Å². The Kier molecular flexibility index (Phi) is 5.18. The van der Waals surface area contributed by atoms with Gasteiger partial charge in [-0.05, 0) is 46.1 Å². The van der Waals surface area contributed by atoms with Crippen LogP contribution in [0.1, 0.15) is 24.2 Å². The summed E-state index contributed by atoms with van der Waals surface area (Å²) < 4.78 is 0. The molecule has 1 rings (SSSR count). The second-order valence-corrected chi connectivity index (χ2v) is 5.03. The Hall–Kier alpha value is -1.75. The molecule has 0 heterocycles. The number of carbonyl (C=O) groups is 1. The molecule has 5 nitrogen and oxygen atoms in total. The molecule has 1 aromatic carbocycles. The van der Waals surface area contributed by atoms with Crippen LogP contribution in [0.4, 0.5) is 11.4 Å². The molecule has 0 spiro atoms. The number of nitrogens with zero attached hydrogens (tertiary/aromatic N) is 2. The fraction of sp³-hybridized carbons (Fsp3) is 0.500. The second-order valence-electron chi connectivity index (χ2n) is 5.03. The first-order valence-corrected chi connectivity index (χ1v) is 6.47. The summed E-state index contributed by atoms with van der Waals surface area (Å²) in [6.45, 7) is 6.04. The summed E-state index contributed by atoms with van der Waals surface area (Å²) in [5, 5.41) is 0. The average molecular weight is 264 g/mol. The number of nitrogens with two attached hydrogens (primary N) is 2. The van der Waals surface area contributed by atoms with Crippen LogP contribution in [0, 0.1) is 0 Å². The fourth-order valence-corrected chi connectivity index (χ4v) is 2.31. The molecule has 0 radical (unpaired) electrons. The zero-order valence-corrected chi connectivity index (χ0v) is 12.2. The Balaban J connectivity index is 3.05. The lowest BCUT2D eigenvalue weighted by Gasteiger charge is -2.32. The number of likely N-dealkylation sites (N-methyl/N-ethyl adjacent to an activating group) is 2. The van der Waals surface area contributed by atoms with Gasteiger partial charge in [-0.1, -0.05) is 0 Å². The third-order valence-corrected chi connectivity index (χ3v) is 3.14. The molecule has 1 unspecified atom stereocenters. The van der Waals surface area contributed by atoms with E-state index in [1.54, 1.807) is 12.1 Å². The molecule has 5 heteroatoms. The zero-order chi connectivity index (χ0) is 14.6. The number of carbonyl (C=O) groups excluding carboxylic acids is 1. The van der Waals surface area contributed by atoms with Gasteiger partial charge in [-0.25, -0.2) is 0 Å². The van der Waals surface area contributed by atoms with E-state index in [4.69, 9.17) is 11.5 Å². The summed E-state index contributed by atoms with van der Waals surface area (Å²) >= 11 is 0. The molecule has 0 bridgehead atoms. The Morgan fingerprint density at radius 1 is 1.37 bits per heavy atom. The van der Waals surface area contributed by atoms with Crippen molar-refractivity contribution in [2.24, 2.45) is 5.73 Å². The standard InChI is InChI=1S/C14H24N4O/c1-5-18(10(2)9-17(3)4)11-6-7-13(15)12(8-11)14(16)19/h6-8,10H,5,9,15H2,1-4H3,(H2,16,19). The monoisotopic (exact) mass is 264 g/mol. The first-order valence-electron chi connectivity index (χ1n) is 6.47. The van der Waals surface area contributed by atoms with Gasteiger partial charge < -0.3 is 21.3 Å². The molecular weight excluding hydrogens is 240 g/mol. The number of anilines is 2. The highest BCUT2D eigenvalue weighted by Gasteiger charge is 2.16. The molecule has 0 fully saturated rings. The van der Waals surface area contributed by atoms with E-state index in [9.17, 15) is 4.79 Å². The van der Waals surface area contributed by atoms with Gasteiger partial charge in [0.25, 0.3) is 5.91 Å². The van der Waals surface area contributed by atoms with Crippen LogP contribution in [-0.4, -0.2) is 44.0 Å². The first kappa shape index (κ1) is 15.3. The minimum atomic E-state index is -0.490. The van der Waals surface area contributed by atoms with Crippen molar-refractivity contribution >= 4 is 17.3 Å². The molecule has 1 amide bonds. The molecule has 19 heavy (non-hydrogen) atoms. The van der Waals surface area contributed by atoms with E-state index in [0.717, 1.165) is 18.8 Å². The van der Waals surface area contributed by atoms with Crippen molar-refractivity contribution in [3.63, 3.8) is 0 Å². The number of hydrogen-bond acceptors (Lipinski definition) is 4. The van der Waals surface area contributed by atoms with Gasteiger partial charge >= 0.3 is 0 Å². The maximum atomic E-state index is 11.3. The third-order valence-electron chi connectivity index (χ3n) is 3.14. The molecule has 1 aromatic rings. The average Bonchev–Trinajstić information content (AvgIpc) is 2.30. The minimum absolute atomic E-state index is 0.337. The van der Waals surface area contributed by atoms with Crippen LogP contribution in [0.2, 0.25) is 0 Å². The van der Waals surface area contributed by atoms with E-state index >= 15 is 0 Å². The summed E-state index contributed by atoms with van der Waals surface area (Å²) in [5.74, 6) is -0.490. The van der Waals surface area contributed by atoms with Crippen molar-refractivity contribution < 1.29 is 4.79 Å². The number of benzene rings is 1. The van der Waals surface area contributed by atoms with Crippen molar-refractivity contribution in [3.05, 3.63) is 23.8 Å². The molecule has 1 atom stereocenters. The maximum Gasteiger partial charge on any atom is 0.250 e. The quantitative estimate of drug-likeness (QED) is 0.756. The second kappa shape index (κ2) is 6.43. The Morgan fingerprint density at radius 3 is 2.47 bits per heavy atom. The van der Waals surface area contributed by atoms with E-state index in [-0.39, 0.29) is 0 Å². The predicted molar refractivity (Wildman–Crippen MR) is 80.4 cm³/mol. The molecule has 0 aliphatic heterocycles. The number of primary amides is 1. The van der Waals surface area contributed by atoms with Crippen molar-refractivity contribution in [2.75, 3.05) is 37.8 Å². The Morgan fingerprint density at radius 2 is 2.00 bits per heavy atom. The van der Waals surface area contributed by atoms with Gasteiger partial charge in [0, 0.05) is 30.5 Å². The number of hydrogen-bond donors (Lipinski definition) is 2. The molecule has 0 aliphatic carbocycles. The highest BCUT2D eigenvalue weighted by Crippen LogP contribution is 2.22. The smallest absolute Gasteiger partial charge is 0.250 e. The van der Waals surface area contributed by atoms with E-state index in [0.29, 0.717) is 17.3 Å². The van der Waals surface area contributed by atoms with Crippen LogP contribution in [0.25, 0.3) is 0 Å². The van der Waals surface area contributed by atoms with Crippen molar-refractivity contribution in [3.8, 4) is 0 Å². The fourth-order valence-electron chi connectivity index (χ4n) is 2.31. The summed E-state index contributed by atoms with van der Waals surface area (Å²) in [5.41, 5.74) is 12.9. The number of rotatable bonds is 6. The van der Waals surface area contributed by atoms with Gasteiger partial charge in [-0.15, -0.1) is 0 Å². The number of amides is 1. The van der Waals surface area contributed by atoms with Gasteiger partial charge in [-0.3, -0.25) is 4.79 Å².